The molecular formula is C43H53N3O5S. The van der Waals surface area contributed by atoms with Gasteiger partial charge in [0, 0.05) is 46.8 Å². The number of amides is 1. The van der Waals surface area contributed by atoms with Crippen molar-refractivity contribution in [3.63, 3.8) is 0 Å². The molecule has 276 valence electrons. The number of unbranched alkanes of at least 4 members (excludes halogenated alkanes) is 4. The number of nitrogens with zero attached hydrogens (tertiary/aromatic N) is 2. The van der Waals surface area contributed by atoms with Gasteiger partial charge in [-0.05, 0) is 72.9 Å². The van der Waals surface area contributed by atoms with Crippen LogP contribution >= 0.6 is 11.3 Å². The maximum Gasteiger partial charge on any atom is 0.306 e. The topological polar surface area (TPSA) is 118 Å². The third-order valence-electron chi connectivity index (χ3n) is 9.84. The van der Waals surface area contributed by atoms with Crippen molar-refractivity contribution in [3.8, 4) is 28.3 Å². The van der Waals surface area contributed by atoms with E-state index in [0.29, 0.717) is 30.0 Å². The Balaban J connectivity index is 1.23. The van der Waals surface area contributed by atoms with Crippen molar-refractivity contribution in [2.75, 3.05) is 6.61 Å². The number of carboxylic acid groups (broad SMARTS) is 1. The zero-order valence-electron chi connectivity index (χ0n) is 31.0. The van der Waals surface area contributed by atoms with E-state index in [1.165, 1.54) is 37.0 Å². The molecule has 8 nitrogen and oxygen atoms in total. The van der Waals surface area contributed by atoms with E-state index in [9.17, 15) is 19.5 Å². The highest BCUT2D eigenvalue weighted by molar-refractivity contribution is 7.14. The number of ether oxygens (including phenoxy) is 1. The highest BCUT2D eigenvalue weighted by Gasteiger charge is 2.31. The van der Waals surface area contributed by atoms with Crippen LogP contribution in [0.5, 0.6) is 5.75 Å². The van der Waals surface area contributed by atoms with Gasteiger partial charge in [0.25, 0.3) is 0 Å². The molecule has 1 amide bonds. The second-order valence-corrected chi connectivity index (χ2v) is 16.2. The van der Waals surface area contributed by atoms with E-state index in [1.807, 2.05) is 73.1 Å². The molecule has 1 aliphatic carbocycles. The Kier molecular flexibility index (Phi) is 13.8. The molecule has 9 heteroatoms. The van der Waals surface area contributed by atoms with Gasteiger partial charge in [-0.3, -0.25) is 14.4 Å². The molecule has 0 saturated heterocycles. The summed E-state index contributed by atoms with van der Waals surface area (Å²) in [7, 11) is 0. The van der Waals surface area contributed by atoms with Crippen molar-refractivity contribution in [1.82, 2.24) is 15.3 Å². The summed E-state index contributed by atoms with van der Waals surface area (Å²) < 4.78 is 5.91. The third kappa shape index (κ3) is 11.1. The molecule has 2 aromatic heterocycles. The lowest BCUT2D eigenvalue weighted by Crippen LogP contribution is -2.43. The van der Waals surface area contributed by atoms with Gasteiger partial charge in [-0.25, -0.2) is 9.97 Å². The molecule has 1 fully saturated rings. The van der Waals surface area contributed by atoms with E-state index < -0.39 is 17.8 Å². The summed E-state index contributed by atoms with van der Waals surface area (Å²) in [5.41, 5.74) is 3.63. The first kappa shape index (κ1) is 38.9. The fourth-order valence-corrected chi connectivity index (χ4v) is 7.69. The number of ketones is 1. The maximum absolute atomic E-state index is 13.7. The number of aliphatic carboxylic acids is 1. The van der Waals surface area contributed by atoms with Crippen LogP contribution < -0.4 is 10.1 Å². The quantitative estimate of drug-likeness (QED) is 0.0823. The van der Waals surface area contributed by atoms with E-state index >= 15 is 0 Å². The number of Topliss-reactive ketones (excluding diaryl/α,β-unsaturated/α-hetero) is 1. The number of benzene rings is 2. The SMILES string of the molecule is CCCCCCCOc1ccc(-c2cnc(-c3ccc(C[C@H](CC(=O)c4ccc(C(C)(C)C)s4)C(=O)NC4CCCC(C(=O)O)C4)cc3)nc2)cc1. The Morgan fingerprint density at radius 2 is 1.58 bits per heavy atom. The molecule has 52 heavy (non-hydrogen) atoms. The van der Waals surface area contributed by atoms with E-state index in [4.69, 9.17) is 4.74 Å². The summed E-state index contributed by atoms with van der Waals surface area (Å²) >= 11 is 1.49. The fraction of sp³-hybridized carbons (Fsp3) is 0.465. The Labute approximate surface area is 312 Å². The van der Waals surface area contributed by atoms with Crippen LogP contribution in [0, 0.1) is 11.8 Å². The predicted octanol–water partition coefficient (Wildman–Crippen LogP) is 9.71. The smallest absolute Gasteiger partial charge is 0.306 e. The molecule has 2 heterocycles. The Morgan fingerprint density at radius 1 is 0.885 bits per heavy atom. The lowest BCUT2D eigenvalue weighted by atomic mass is 9.85. The van der Waals surface area contributed by atoms with Gasteiger partial charge in [-0.2, -0.15) is 0 Å². The highest BCUT2D eigenvalue weighted by atomic mass is 32.1. The van der Waals surface area contributed by atoms with Crippen LogP contribution in [0.4, 0.5) is 0 Å². The van der Waals surface area contributed by atoms with Gasteiger partial charge < -0.3 is 15.2 Å². The number of rotatable bonds is 17. The number of carboxylic acids is 1. The summed E-state index contributed by atoms with van der Waals surface area (Å²) in [4.78, 5) is 49.9. The standard InChI is InChI=1S/C43H53N3O5S/c1-5-6-7-8-9-23-51-36-19-17-30(18-20-36)34-27-44-40(45-28-34)31-15-13-29(14-16-31)24-33(26-37(47)38-21-22-39(52-38)43(2,3)4)41(48)46-35-12-10-11-32(25-35)42(49)50/h13-22,27-28,32-33,35H,5-12,23-26H2,1-4H3,(H,46,48)(H,49,50)/t32?,33-,35?/m1/s1. The molecule has 3 atom stereocenters. The minimum atomic E-state index is -0.820. The summed E-state index contributed by atoms with van der Waals surface area (Å²) in [5, 5.41) is 12.7. The molecule has 1 saturated carbocycles. The van der Waals surface area contributed by atoms with Gasteiger partial charge in [-0.1, -0.05) is 96.2 Å². The third-order valence-corrected chi connectivity index (χ3v) is 11.4. The summed E-state index contributed by atoms with van der Waals surface area (Å²) in [6, 6.07) is 19.5. The molecule has 0 radical (unpaired) electrons. The lowest BCUT2D eigenvalue weighted by molar-refractivity contribution is -0.143. The Hall–Kier alpha value is -4.37. The fourth-order valence-electron chi connectivity index (χ4n) is 6.68. The number of hydrogen-bond acceptors (Lipinski definition) is 7. The first-order valence-corrected chi connectivity index (χ1v) is 19.6. The average Bonchev–Trinajstić information content (AvgIpc) is 3.66. The zero-order chi connectivity index (χ0) is 37.1. The van der Waals surface area contributed by atoms with Crippen molar-refractivity contribution in [2.45, 2.75) is 110 Å². The monoisotopic (exact) mass is 723 g/mol. The maximum atomic E-state index is 13.7. The second kappa shape index (κ2) is 18.4. The van der Waals surface area contributed by atoms with E-state index in [-0.39, 0.29) is 29.6 Å². The van der Waals surface area contributed by atoms with Crippen LogP contribution in [-0.4, -0.2) is 45.4 Å². The number of thiophene rings is 1. The minimum absolute atomic E-state index is 0.0576. The number of hydrogen-bond donors (Lipinski definition) is 2. The molecule has 1 aliphatic rings. The summed E-state index contributed by atoms with van der Waals surface area (Å²) in [6.07, 6.45) is 12.7. The highest BCUT2D eigenvalue weighted by Crippen LogP contribution is 2.32. The summed E-state index contributed by atoms with van der Waals surface area (Å²) in [6.45, 7) is 9.30. The molecule has 4 aromatic rings. The molecular weight excluding hydrogens is 671 g/mol. The van der Waals surface area contributed by atoms with Crippen molar-refractivity contribution >= 4 is 29.0 Å². The van der Waals surface area contributed by atoms with E-state index in [0.717, 1.165) is 58.7 Å². The lowest BCUT2D eigenvalue weighted by Gasteiger charge is -2.29. The normalized spacial score (nSPS) is 16.6. The van der Waals surface area contributed by atoms with E-state index in [1.54, 1.807) is 0 Å². The van der Waals surface area contributed by atoms with Crippen molar-refractivity contribution < 1.29 is 24.2 Å². The second-order valence-electron chi connectivity index (χ2n) is 15.1. The number of aromatic nitrogens is 2. The summed E-state index contributed by atoms with van der Waals surface area (Å²) in [5.74, 6) is -0.677. The Morgan fingerprint density at radius 3 is 2.23 bits per heavy atom. The van der Waals surface area contributed by atoms with Crippen molar-refractivity contribution in [1.29, 1.82) is 0 Å². The number of carbonyl (C=O) groups excluding carboxylic acids is 2. The van der Waals surface area contributed by atoms with Gasteiger partial charge in [0.05, 0.1) is 17.4 Å². The largest absolute Gasteiger partial charge is 0.494 e. The van der Waals surface area contributed by atoms with Crippen LogP contribution in [0.2, 0.25) is 0 Å². The molecule has 2 unspecified atom stereocenters. The molecule has 2 aromatic carbocycles. The molecule has 0 spiro atoms. The van der Waals surface area contributed by atoms with Gasteiger partial charge in [0.1, 0.15) is 5.75 Å². The molecule has 5 rings (SSSR count). The minimum Gasteiger partial charge on any atom is -0.494 e. The first-order valence-electron chi connectivity index (χ1n) is 18.8. The van der Waals surface area contributed by atoms with Gasteiger partial charge >= 0.3 is 5.97 Å². The zero-order valence-corrected chi connectivity index (χ0v) is 31.8. The average molecular weight is 724 g/mol. The van der Waals surface area contributed by atoms with Crippen LogP contribution in [0.25, 0.3) is 22.5 Å². The van der Waals surface area contributed by atoms with Gasteiger partial charge in [-0.15, -0.1) is 11.3 Å². The van der Waals surface area contributed by atoms with Crippen LogP contribution in [-0.2, 0) is 21.4 Å². The van der Waals surface area contributed by atoms with Gasteiger partial charge in [0.15, 0.2) is 11.6 Å². The van der Waals surface area contributed by atoms with Crippen LogP contribution in [0.3, 0.4) is 0 Å². The van der Waals surface area contributed by atoms with Crippen molar-refractivity contribution in [2.24, 2.45) is 11.8 Å². The van der Waals surface area contributed by atoms with Crippen LogP contribution in [0.15, 0.2) is 73.1 Å². The number of nitrogens with one attached hydrogen (secondary N) is 1. The van der Waals surface area contributed by atoms with E-state index in [2.05, 4.69) is 43.0 Å². The molecule has 2 N–H and O–H groups in total. The van der Waals surface area contributed by atoms with Crippen molar-refractivity contribution in [3.05, 3.63) is 88.4 Å². The van der Waals surface area contributed by atoms with Crippen LogP contribution in [0.1, 0.15) is 112 Å². The van der Waals surface area contributed by atoms with Gasteiger partial charge in [0.2, 0.25) is 5.91 Å². The first-order chi connectivity index (χ1) is 25.0. The molecule has 0 bridgehead atoms. The number of carbonyl (C=O) groups is 3. The Bertz CT molecular complexity index is 1760. The predicted molar refractivity (Wildman–Crippen MR) is 208 cm³/mol. The molecule has 0 aliphatic heterocycles.